The number of pyridine rings is 1. The maximum Gasteiger partial charge on any atom is 0.356 e. The SMILES string of the molecule is Nc1ccn2c(C3CC3)nc(C(=O)O)c2c1. The monoisotopic (exact) mass is 217 g/mol. The molecule has 0 aromatic carbocycles. The predicted molar refractivity (Wildman–Crippen MR) is 58.5 cm³/mol. The van der Waals surface area contributed by atoms with Crippen LogP contribution in [0, 0.1) is 0 Å². The van der Waals surface area contributed by atoms with Gasteiger partial charge in [0.15, 0.2) is 5.69 Å². The van der Waals surface area contributed by atoms with Crippen molar-refractivity contribution >= 4 is 17.2 Å². The van der Waals surface area contributed by atoms with E-state index >= 15 is 0 Å². The summed E-state index contributed by atoms with van der Waals surface area (Å²) in [5.41, 5.74) is 6.88. The summed E-state index contributed by atoms with van der Waals surface area (Å²) in [4.78, 5) is 15.3. The lowest BCUT2D eigenvalue weighted by atomic mass is 10.3. The van der Waals surface area contributed by atoms with Crippen LogP contribution < -0.4 is 5.73 Å². The Balaban J connectivity index is 2.32. The Morgan fingerprint density at radius 3 is 2.94 bits per heavy atom. The Bertz CT molecular complexity index is 584. The molecule has 1 aliphatic rings. The predicted octanol–water partition coefficient (Wildman–Crippen LogP) is 1.49. The third-order valence-electron chi connectivity index (χ3n) is 2.84. The van der Waals surface area contributed by atoms with Crippen molar-refractivity contribution in [2.75, 3.05) is 5.73 Å². The maximum atomic E-state index is 11.1. The molecule has 1 fully saturated rings. The van der Waals surface area contributed by atoms with Gasteiger partial charge in [0.1, 0.15) is 5.82 Å². The average molecular weight is 217 g/mol. The zero-order chi connectivity index (χ0) is 11.3. The van der Waals surface area contributed by atoms with Crippen LogP contribution in [0.5, 0.6) is 0 Å². The lowest BCUT2D eigenvalue weighted by Gasteiger charge is -1.99. The fourth-order valence-electron chi connectivity index (χ4n) is 1.91. The number of anilines is 1. The molecule has 0 bridgehead atoms. The van der Waals surface area contributed by atoms with E-state index in [-0.39, 0.29) is 5.69 Å². The van der Waals surface area contributed by atoms with Gasteiger partial charge in [-0.15, -0.1) is 0 Å². The number of rotatable bonds is 2. The van der Waals surface area contributed by atoms with Crippen molar-refractivity contribution in [3.63, 3.8) is 0 Å². The molecular weight excluding hydrogens is 206 g/mol. The number of imidazole rings is 1. The van der Waals surface area contributed by atoms with Crippen LogP contribution in [0.25, 0.3) is 5.52 Å². The Kier molecular flexibility index (Phi) is 1.71. The molecule has 2 heterocycles. The number of fused-ring (bicyclic) bond motifs is 1. The molecule has 0 radical (unpaired) electrons. The molecular formula is C11H11N3O2. The summed E-state index contributed by atoms with van der Waals surface area (Å²) in [5.74, 6) is 0.242. The van der Waals surface area contributed by atoms with Crippen molar-refractivity contribution in [3.8, 4) is 0 Å². The molecule has 0 saturated heterocycles. The highest BCUT2D eigenvalue weighted by molar-refractivity contribution is 5.94. The summed E-state index contributed by atoms with van der Waals surface area (Å²) < 4.78 is 1.83. The van der Waals surface area contributed by atoms with Gasteiger partial charge in [-0.1, -0.05) is 0 Å². The summed E-state index contributed by atoms with van der Waals surface area (Å²) in [6.45, 7) is 0. The third-order valence-corrected chi connectivity index (χ3v) is 2.84. The summed E-state index contributed by atoms with van der Waals surface area (Å²) >= 11 is 0. The Morgan fingerprint density at radius 1 is 1.56 bits per heavy atom. The summed E-state index contributed by atoms with van der Waals surface area (Å²) in [6.07, 6.45) is 3.96. The normalized spacial score (nSPS) is 15.5. The highest BCUT2D eigenvalue weighted by Crippen LogP contribution is 2.40. The standard InChI is InChI=1S/C11H11N3O2/c12-7-3-4-14-8(5-7)9(11(15)16)13-10(14)6-1-2-6/h3-6H,1-2,12H2,(H,15,16). The van der Waals surface area contributed by atoms with Gasteiger partial charge in [-0.05, 0) is 25.0 Å². The minimum absolute atomic E-state index is 0.0919. The van der Waals surface area contributed by atoms with Gasteiger partial charge in [-0.2, -0.15) is 0 Å². The second kappa shape index (κ2) is 2.98. The van der Waals surface area contributed by atoms with E-state index in [4.69, 9.17) is 10.8 Å². The number of carbonyl (C=O) groups is 1. The lowest BCUT2D eigenvalue weighted by Crippen LogP contribution is -1.97. The fourth-order valence-corrected chi connectivity index (χ4v) is 1.91. The number of nitrogens with two attached hydrogens (primary N) is 1. The number of aromatic carboxylic acids is 1. The quantitative estimate of drug-likeness (QED) is 0.798. The van der Waals surface area contributed by atoms with Crippen molar-refractivity contribution < 1.29 is 9.90 Å². The van der Waals surface area contributed by atoms with Crippen LogP contribution in [-0.4, -0.2) is 20.5 Å². The smallest absolute Gasteiger partial charge is 0.356 e. The van der Waals surface area contributed by atoms with Crippen molar-refractivity contribution in [3.05, 3.63) is 29.8 Å². The van der Waals surface area contributed by atoms with Gasteiger partial charge >= 0.3 is 5.97 Å². The topological polar surface area (TPSA) is 80.6 Å². The Morgan fingerprint density at radius 2 is 2.31 bits per heavy atom. The number of aromatic nitrogens is 2. The number of nitrogen functional groups attached to an aromatic ring is 1. The third kappa shape index (κ3) is 1.25. The molecule has 5 heteroatoms. The van der Waals surface area contributed by atoms with Crippen LogP contribution in [0.1, 0.15) is 35.1 Å². The molecule has 82 valence electrons. The fraction of sp³-hybridized carbons (Fsp3) is 0.273. The van der Waals surface area contributed by atoms with Crippen LogP contribution in [0.3, 0.4) is 0 Å². The number of hydrogen-bond donors (Lipinski definition) is 2. The van der Waals surface area contributed by atoms with Crippen molar-refractivity contribution in [1.82, 2.24) is 9.38 Å². The lowest BCUT2D eigenvalue weighted by molar-refractivity contribution is 0.0693. The number of carboxylic acid groups (broad SMARTS) is 1. The van der Waals surface area contributed by atoms with Crippen LogP contribution >= 0.6 is 0 Å². The summed E-state index contributed by atoms with van der Waals surface area (Å²) in [5, 5.41) is 9.07. The maximum absolute atomic E-state index is 11.1. The van der Waals surface area contributed by atoms with Crippen molar-refractivity contribution in [1.29, 1.82) is 0 Å². The second-order valence-electron chi connectivity index (χ2n) is 4.11. The molecule has 3 rings (SSSR count). The molecule has 1 saturated carbocycles. The molecule has 0 spiro atoms. The van der Waals surface area contributed by atoms with Gasteiger partial charge in [-0.3, -0.25) is 0 Å². The molecule has 0 aliphatic heterocycles. The van der Waals surface area contributed by atoms with Crippen molar-refractivity contribution in [2.24, 2.45) is 0 Å². The molecule has 0 unspecified atom stereocenters. The largest absolute Gasteiger partial charge is 0.476 e. The molecule has 16 heavy (non-hydrogen) atoms. The van der Waals surface area contributed by atoms with E-state index in [0.29, 0.717) is 17.1 Å². The molecule has 0 atom stereocenters. The molecule has 0 amide bonds. The van der Waals surface area contributed by atoms with E-state index < -0.39 is 5.97 Å². The summed E-state index contributed by atoms with van der Waals surface area (Å²) in [6, 6.07) is 3.41. The van der Waals surface area contributed by atoms with Gasteiger partial charge in [0.05, 0.1) is 5.52 Å². The number of hydrogen-bond acceptors (Lipinski definition) is 3. The van der Waals surface area contributed by atoms with Gasteiger partial charge in [0.25, 0.3) is 0 Å². The zero-order valence-electron chi connectivity index (χ0n) is 8.55. The van der Waals surface area contributed by atoms with Crippen LogP contribution in [-0.2, 0) is 0 Å². The molecule has 5 nitrogen and oxygen atoms in total. The van der Waals surface area contributed by atoms with E-state index in [1.807, 2.05) is 4.40 Å². The van der Waals surface area contributed by atoms with E-state index in [0.717, 1.165) is 18.7 Å². The molecule has 3 N–H and O–H groups in total. The Hall–Kier alpha value is -2.04. The first-order chi connectivity index (χ1) is 7.66. The van der Waals surface area contributed by atoms with E-state index in [1.165, 1.54) is 0 Å². The van der Waals surface area contributed by atoms with E-state index in [9.17, 15) is 4.79 Å². The zero-order valence-corrected chi connectivity index (χ0v) is 8.55. The molecule has 1 aliphatic carbocycles. The van der Waals surface area contributed by atoms with Gasteiger partial charge in [-0.25, -0.2) is 9.78 Å². The van der Waals surface area contributed by atoms with Crippen LogP contribution in [0.15, 0.2) is 18.3 Å². The van der Waals surface area contributed by atoms with Crippen LogP contribution in [0.2, 0.25) is 0 Å². The van der Waals surface area contributed by atoms with Crippen molar-refractivity contribution in [2.45, 2.75) is 18.8 Å². The first-order valence-corrected chi connectivity index (χ1v) is 5.17. The summed E-state index contributed by atoms with van der Waals surface area (Å²) in [7, 11) is 0. The first kappa shape index (κ1) is 9.21. The average Bonchev–Trinajstić information content (AvgIpc) is 2.99. The minimum atomic E-state index is -1.00. The second-order valence-corrected chi connectivity index (χ2v) is 4.11. The van der Waals surface area contributed by atoms with Gasteiger partial charge in [0.2, 0.25) is 0 Å². The highest BCUT2D eigenvalue weighted by atomic mass is 16.4. The van der Waals surface area contributed by atoms with Gasteiger partial charge in [0, 0.05) is 17.8 Å². The van der Waals surface area contributed by atoms with E-state index in [2.05, 4.69) is 4.98 Å². The molecule has 2 aromatic heterocycles. The minimum Gasteiger partial charge on any atom is -0.476 e. The number of carboxylic acids is 1. The Labute approximate surface area is 91.5 Å². The van der Waals surface area contributed by atoms with Crippen LogP contribution in [0.4, 0.5) is 5.69 Å². The number of nitrogens with zero attached hydrogens (tertiary/aromatic N) is 2. The van der Waals surface area contributed by atoms with Gasteiger partial charge < -0.3 is 15.2 Å². The van der Waals surface area contributed by atoms with E-state index in [1.54, 1.807) is 18.3 Å². The first-order valence-electron chi connectivity index (χ1n) is 5.17. The highest BCUT2D eigenvalue weighted by Gasteiger charge is 2.30. The molecule has 2 aromatic rings.